The van der Waals surface area contributed by atoms with Crippen molar-refractivity contribution in [1.82, 2.24) is 9.55 Å². The summed E-state index contributed by atoms with van der Waals surface area (Å²) in [7, 11) is 0. The topological polar surface area (TPSA) is 54.9 Å². The van der Waals surface area contributed by atoms with Gasteiger partial charge in [-0.3, -0.25) is 9.59 Å². The number of aromatic amines is 1. The highest BCUT2D eigenvalue weighted by atomic mass is 127. The van der Waals surface area contributed by atoms with Gasteiger partial charge in [-0.2, -0.15) is 0 Å². The molecule has 1 N–H and O–H groups in total. The van der Waals surface area contributed by atoms with Gasteiger partial charge in [0.25, 0.3) is 5.56 Å². The maximum absolute atomic E-state index is 12.0. The molecule has 0 aliphatic carbocycles. The molecule has 0 aliphatic rings. The van der Waals surface area contributed by atoms with Crippen molar-refractivity contribution >= 4 is 51.6 Å². The summed E-state index contributed by atoms with van der Waals surface area (Å²) in [5.41, 5.74) is 0.276. The van der Waals surface area contributed by atoms with Crippen LogP contribution in [0.1, 0.15) is 11.7 Å². The molecule has 6 heteroatoms. The van der Waals surface area contributed by atoms with E-state index in [1.807, 2.05) is 6.07 Å². The molecule has 0 bridgehead atoms. The minimum atomic E-state index is -0.382. The molecule has 0 amide bonds. The number of carbonyl (C=O) groups excluding carboxylic acids is 1. The van der Waals surface area contributed by atoms with Crippen molar-refractivity contribution in [2.24, 2.45) is 0 Å². The van der Waals surface area contributed by atoms with E-state index in [2.05, 4.69) is 27.6 Å². The number of aromatic nitrogens is 2. The molecule has 4 nitrogen and oxygen atoms in total. The van der Waals surface area contributed by atoms with Gasteiger partial charge in [-0.25, -0.2) is 4.57 Å². The second kappa shape index (κ2) is 4.10. The Kier molecular flexibility index (Phi) is 2.94. The lowest BCUT2D eigenvalue weighted by molar-refractivity contribution is 0.0930. The molecule has 0 unspecified atom stereocenters. The number of nitrogens with one attached hydrogen (secondary N) is 1. The third-order valence-electron chi connectivity index (χ3n) is 2.17. The predicted octanol–water partition coefficient (Wildman–Crippen LogP) is 2.32. The van der Waals surface area contributed by atoms with E-state index in [0.717, 1.165) is 8.14 Å². The van der Waals surface area contributed by atoms with E-state index < -0.39 is 0 Å². The highest BCUT2D eigenvalue weighted by Gasteiger charge is 2.08. The maximum atomic E-state index is 12.0. The highest BCUT2D eigenvalue weighted by molar-refractivity contribution is 14.1. The molecule has 16 heavy (non-hydrogen) atoms. The van der Waals surface area contributed by atoms with E-state index in [1.54, 1.807) is 12.1 Å². The van der Waals surface area contributed by atoms with Gasteiger partial charge in [-0.15, -0.1) is 0 Å². The molecule has 0 saturated carbocycles. The summed E-state index contributed by atoms with van der Waals surface area (Å²) in [4.78, 5) is 26.1. The van der Waals surface area contributed by atoms with Gasteiger partial charge in [0.1, 0.15) is 0 Å². The third-order valence-corrected chi connectivity index (χ3v) is 3.13. The zero-order chi connectivity index (χ0) is 11.9. The molecular formula is C10H7IN2O2S. The van der Waals surface area contributed by atoms with Gasteiger partial charge in [-0.1, -0.05) is 0 Å². The smallest absolute Gasteiger partial charge is 0.269 e. The zero-order valence-electron chi connectivity index (χ0n) is 8.28. The second-order valence-corrected chi connectivity index (χ2v) is 4.91. The molecule has 0 radical (unpaired) electrons. The minimum absolute atomic E-state index is 0.131. The van der Waals surface area contributed by atoms with Crippen LogP contribution < -0.4 is 5.56 Å². The van der Waals surface area contributed by atoms with Crippen LogP contribution in [0.4, 0.5) is 0 Å². The van der Waals surface area contributed by atoms with Gasteiger partial charge in [-0.05, 0) is 53.0 Å². The average molecular weight is 346 g/mol. The van der Waals surface area contributed by atoms with Gasteiger partial charge in [0, 0.05) is 10.5 Å². The Morgan fingerprint density at radius 2 is 2.19 bits per heavy atom. The molecule has 0 atom stereocenters. The van der Waals surface area contributed by atoms with Gasteiger partial charge < -0.3 is 4.98 Å². The SMILES string of the molecule is CC(=O)n1c(=S)[nH]c2ccc(I)cc2c1=O. The second-order valence-electron chi connectivity index (χ2n) is 3.28. The van der Waals surface area contributed by atoms with Crippen LogP contribution in [-0.4, -0.2) is 15.5 Å². The van der Waals surface area contributed by atoms with Crippen LogP contribution in [0.3, 0.4) is 0 Å². The monoisotopic (exact) mass is 346 g/mol. The van der Waals surface area contributed by atoms with Crippen LogP contribution in [0, 0.1) is 8.34 Å². The summed E-state index contributed by atoms with van der Waals surface area (Å²) in [5.74, 6) is -0.382. The molecule has 0 spiro atoms. The molecule has 2 aromatic rings. The van der Waals surface area contributed by atoms with Gasteiger partial charge in [0.15, 0.2) is 4.77 Å². The van der Waals surface area contributed by atoms with Crippen LogP contribution in [0.2, 0.25) is 0 Å². The first kappa shape index (κ1) is 11.5. The lowest BCUT2D eigenvalue weighted by atomic mass is 10.2. The Morgan fingerprint density at radius 3 is 2.81 bits per heavy atom. The van der Waals surface area contributed by atoms with E-state index in [9.17, 15) is 9.59 Å². The normalized spacial score (nSPS) is 10.6. The number of hydrogen-bond acceptors (Lipinski definition) is 3. The standard InChI is InChI=1S/C10H7IN2O2S/c1-5(14)13-9(15)7-4-6(11)2-3-8(7)12-10(13)16/h2-4H,1H3,(H,12,16). The lowest BCUT2D eigenvalue weighted by Crippen LogP contribution is -2.26. The summed E-state index contributed by atoms with van der Waals surface area (Å²) >= 11 is 7.07. The molecule has 82 valence electrons. The van der Waals surface area contributed by atoms with Crippen molar-refractivity contribution in [3.8, 4) is 0 Å². The van der Waals surface area contributed by atoms with E-state index in [4.69, 9.17) is 12.2 Å². The number of hydrogen-bond donors (Lipinski definition) is 1. The fourth-order valence-corrected chi connectivity index (χ4v) is 2.28. The van der Waals surface area contributed by atoms with Crippen LogP contribution in [0.25, 0.3) is 10.9 Å². The number of fused-ring (bicyclic) bond motifs is 1. The number of H-pyrrole nitrogens is 1. The van der Waals surface area contributed by atoms with E-state index >= 15 is 0 Å². The minimum Gasteiger partial charge on any atom is -0.331 e. The maximum Gasteiger partial charge on any atom is 0.269 e. The number of rotatable bonds is 0. The molecule has 1 aromatic carbocycles. The fourth-order valence-electron chi connectivity index (χ4n) is 1.47. The Labute approximate surface area is 109 Å². The summed E-state index contributed by atoms with van der Waals surface area (Å²) in [5, 5.41) is 0.468. The predicted molar refractivity (Wildman–Crippen MR) is 72.4 cm³/mol. The lowest BCUT2D eigenvalue weighted by Gasteiger charge is -2.04. The molecular weight excluding hydrogens is 339 g/mol. The largest absolute Gasteiger partial charge is 0.331 e. The molecule has 0 fully saturated rings. The molecule has 2 rings (SSSR count). The highest BCUT2D eigenvalue weighted by Crippen LogP contribution is 2.12. The number of benzene rings is 1. The molecule has 1 aromatic heterocycles. The summed E-state index contributed by atoms with van der Waals surface area (Å²) < 4.78 is 2.03. The van der Waals surface area contributed by atoms with Crippen LogP contribution in [-0.2, 0) is 0 Å². The summed E-state index contributed by atoms with van der Waals surface area (Å²) in [6, 6.07) is 5.37. The van der Waals surface area contributed by atoms with Crippen molar-refractivity contribution in [1.29, 1.82) is 0 Å². The van der Waals surface area contributed by atoms with Crippen molar-refractivity contribution in [2.75, 3.05) is 0 Å². The quantitative estimate of drug-likeness (QED) is 0.588. The van der Waals surface area contributed by atoms with Crippen molar-refractivity contribution in [3.63, 3.8) is 0 Å². The average Bonchev–Trinajstić information content (AvgIpc) is 2.19. The van der Waals surface area contributed by atoms with Crippen molar-refractivity contribution in [2.45, 2.75) is 6.92 Å². The molecule has 1 heterocycles. The number of halogens is 1. The molecule has 0 saturated heterocycles. The van der Waals surface area contributed by atoms with Crippen molar-refractivity contribution < 1.29 is 4.79 Å². The first-order chi connectivity index (χ1) is 7.50. The zero-order valence-corrected chi connectivity index (χ0v) is 11.3. The van der Waals surface area contributed by atoms with Crippen molar-refractivity contribution in [3.05, 3.63) is 36.9 Å². The van der Waals surface area contributed by atoms with E-state index in [1.165, 1.54) is 6.92 Å². The number of nitrogens with zero attached hydrogens (tertiary/aromatic N) is 1. The summed E-state index contributed by atoms with van der Waals surface area (Å²) in [6.45, 7) is 1.31. The van der Waals surface area contributed by atoms with Crippen LogP contribution in [0.15, 0.2) is 23.0 Å². The Bertz CT molecular complexity index is 702. The van der Waals surface area contributed by atoms with Gasteiger partial charge in [0.2, 0.25) is 5.91 Å². The first-order valence-corrected chi connectivity index (χ1v) is 5.95. The van der Waals surface area contributed by atoms with Crippen LogP contribution in [0.5, 0.6) is 0 Å². The van der Waals surface area contributed by atoms with Gasteiger partial charge in [0.05, 0.1) is 10.9 Å². The fraction of sp³-hybridized carbons (Fsp3) is 0.100. The van der Waals surface area contributed by atoms with Gasteiger partial charge >= 0.3 is 0 Å². The van der Waals surface area contributed by atoms with E-state index in [-0.39, 0.29) is 16.2 Å². The Hall–Kier alpha value is -1.02. The van der Waals surface area contributed by atoms with Crippen LogP contribution >= 0.6 is 34.8 Å². The number of carbonyl (C=O) groups is 1. The van der Waals surface area contributed by atoms with E-state index in [0.29, 0.717) is 10.9 Å². The Morgan fingerprint density at radius 1 is 1.50 bits per heavy atom. The summed E-state index contributed by atoms with van der Waals surface area (Å²) in [6.07, 6.45) is 0. The molecule has 0 aliphatic heterocycles. The third kappa shape index (κ3) is 1.82. The Balaban J connectivity index is 3.03. The first-order valence-electron chi connectivity index (χ1n) is 4.46.